The average molecular weight is 367 g/mol. The van der Waals surface area contributed by atoms with Crippen molar-refractivity contribution in [2.75, 3.05) is 18.1 Å². The first-order valence-corrected chi connectivity index (χ1v) is 8.53. The summed E-state index contributed by atoms with van der Waals surface area (Å²) in [6.45, 7) is 5.31. The fourth-order valence-electron chi connectivity index (χ4n) is 3.18. The van der Waals surface area contributed by atoms with E-state index >= 15 is 0 Å². The molecule has 1 aromatic carbocycles. The topological polar surface area (TPSA) is 47.4 Å². The van der Waals surface area contributed by atoms with E-state index in [1.807, 2.05) is 11.8 Å². The van der Waals surface area contributed by atoms with Gasteiger partial charge in [0, 0.05) is 13.1 Å². The Hall–Kier alpha value is -2.51. The van der Waals surface area contributed by atoms with Gasteiger partial charge in [0.1, 0.15) is 11.4 Å². The molecule has 140 valence electrons. The Balaban J connectivity index is 1.92. The lowest BCUT2D eigenvalue weighted by atomic mass is 10.1. The Morgan fingerprint density at radius 3 is 2.69 bits per heavy atom. The number of anilines is 1. The van der Waals surface area contributed by atoms with Crippen LogP contribution in [0.5, 0.6) is 0 Å². The van der Waals surface area contributed by atoms with Crippen molar-refractivity contribution in [1.29, 1.82) is 0 Å². The second-order valence-corrected chi connectivity index (χ2v) is 6.06. The highest BCUT2D eigenvalue weighted by Crippen LogP contribution is 2.33. The van der Waals surface area contributed by atoms with Gasteiger partial charge in [0.2, 0.25) is 0 Å². The van der Waals surface area contributed by atoms with Crippen LogP contribution in [-0.4, -0.2) is 28.9 Å². The van der Waals surface area contributed by atoms with Gasteiger partial charge in [0.15, 0.2) is 0 Å². The van der Waals surface area contributed by atoms with Gasteiger partial charge in [0.25, 0.3) is 0 Å². The minimum Gasteiger partial charge on any atom is -0.462 e. The molecule has 0 amide bonds. The van der Waals surface area contributed by atoms with E-state index in [2.05, 4.69) is 5.10 Å². The first-order valence-electron chi connectivity index (χ1n) is 8.53. The summed E-state index contributed by atoms with van der Waals surface area (Å²) in [5, 5.41) is 4.46. The van der Waals surface area contributed by atoms with Gasteiger partial charge in [-0.3, -0.25) is 0 Å². The lowest BCUT2D eigenvalue weighted by Crippen LogP contribution is -2.23. The van der Waals surface area contributed by atoms with Crippen molar-refractivity contribution in [3.8, 4) is 0 Å². The van der Waals surface area contributed by atoms with E-state index in [1.165, 1.54) is 6.07 Å². The molecule has 0 bridgehead atoms. The number of carbonyl (C=O) groups excluding carboxylic acids is 1. The zero-order chi connectivity index (χ0) is 18.9. The Labute approximate surface area is 149 Å². The third kappa shape index (κ3) is 3.40. The molecule has 0 atom stereocenters. The molecule has 3 rings (SSSR count). The number of alkyl halides is 3. The van der Waals surface area contributed by atoms with Crippen LogP contribution in [0.25, 0.3) is 0 Å². The quantitative estimate of drug-likeness (QED) is 0.757. The Kier molecular flexibility index (Phi) is 4.93. The number of ether oxygens (including phenoxy) is 1. The molecule has 0 N–H and O–H groups in total. The number of hydrogen-bond donors (Lipinski definition) is 0. The highest BCUT2D eigenvalue weighted by Gasteiger charge is 2.33. The van der Waals surface area contributed by atoms with Gasteiger partial charge in [-0.1, -0.05) is 19.1 Å². The molecule has 0 radical (unpaired) electrons. The van der Waals surface area contributed by atoms with Crippen molar-refractivity contribution in [3.63, 3.8) is 0 Å². The maximum atomic E-state index is 12.9. The predicted octanol–water partition coefficient (Wildman–Crippen LogP) is 3.66. The number of fused-ring (bicyclic) bond motifs is 1. The number of nitrogens with zero attached hydrogens (tertiary/aromatic N) is 3. The SMILES string of the molecule is CCOC(=O)c1c(CC)nn2c1N(Cc1cccc(C(F)(F)F)c1)CC2. The van der Waals surface area contributed by atoms with Gasteiger partial charge in [-0.25, -0.2) is 9.48 Å². The molecule has 1 aliphatic heterocycles. The minimum absolute atomic E-state index is 0.250. The molecule has 0 spiro atoms. The molecular formula is C18H20F3N3O2. The van der Waals surface area contributed by atoms with E-state index in [4.69, 9.17) is 4.74 Å². The first kappa shape index (κ1) is 18.3. The maximum absolute atomic E-state index is 12.9. The summed E-state index contributed by atoms with van der Waals surface area (Å²) >= 11 is 0. The number of carbonyl (C=O) groups is 1. The molecule has 0 saturated carbocycles. The van der Waals surface area contributed by atoms with Gasteiger partial charge in [-0.2, -0.15) is 18.3 Å². The van der Waals surface area contributed by atoms with Crippen LogP contribution < -0.4 is 4.90 Å². The van der Waals surface area contributed by atoms with E-state index in [-0.39, 0.29) is 13.2 Å². The molecule has 1 aliphatic rings. The maximum Gasteiger partial charge on any atom is 0.416 e. The lowest BCUT2D eigenvalue weighted by molar-refractivity contribution is -0.137. The molecule has 8 heteroatoms. The molecule has 26 heavy (non-hydrogen) atoms. The van der Waals surface area contributed by atoms with Crippen LogP contribution in [0.1, 0.15) is 41.0 Å². The van der Waals surface area contributed by atoms with Gasteiger partial charge >= 0.3 is 12.1 Å². The average Bonchev–Trinajstić information content (AvgIpc) is 3.14. The third-order valence-electron chi connectivity index (χ3n) is 4.32. The second kappa shape index (κ2) is 7.01. The van der Waals surface area contributed by atoms with Crippen LogP contribution in [0.2, 0.25) is 0 Å². The molecule has 0 saturated heterocycles. The zero-order valence-corrected chi connectivity index (χ0v) is 14.6. The molecule has 5 nitrogen and oxygen atoms in total. The fourth-order valence-corrected chi connectivity index (χ4v) is 3.18. The van der Waals surface area contributed by atoms with E-state index in [0.717, 1.165) is 12.1 Å². The van der Waals surface area contributed by atoms with Crippen molar-refractivity contribution in [3.05, 3.63) is 46.6 Å². The van der Waals surface area contributed by atoms with E-state index in [1.54, 1.807) is 17.7 Å². The molecule has 0 unspecified atom stereocenters. The van der Waals surface area contributed by atoms with Crippen LogP contribution in [0, 0.1) is 0 Å². The third-order valence-corrected chi connectivity index (χ3v) is 4.32. The smallest absolute Gasteiger partial charge is 0.416 e. The summed E-state index contributed by atoms with van der Waals surface area (Å²) < 4.78 is 45.7. The normalized spacial score (nSPS) is 13.8. The monoisotopic (exact) mass is 367 g/mol. The molecule has 2 aromatic rings. The Bertz CT molecular complexity index is 814. The van der Waals surface area contributed by atoms with Crippen LogP contribution >= 0.6 is 0 Å². The summed E-state index contributed by atoms with van der Waals surface area (Å²) in [6, 6.07) is 5.25. The number of aromatic nitrogens is 2. The van der Waals surface area contributed by atoms with Gasteiger partial charge in [-0.05, 0) is 31.0 Å². The number of hydrogen-bond acceptors (Lipinski definition) is 4. The van der Waals surface area contributed by atoms with Crippen LogP contribution in [-0.2, 0) is 30.4 Å². The number of esters is 1. The molecule has 2 heterocycles. The van der Waals surface area contributed by atoms with Crippen molar-refractivity contribution < 1.29 is 22.7 Å². The van der Waals surface area contributed by atoms with Crippen LogP contribution in [0.15, 0.2) is 24.3 Å². The minimum atomic E-state index is -4.38. The largest absolute Gasteiger partial charge is 0.462 e. The highest BCUT2D eigenvalue weighted by molar-refractivity contribution is 5.96. The zero-order valence-electron chi connectivity index (χ0n) is 14.6. The Morgan fingerprint density at radius 1 is 1.27 bits per heavy atom. The first-order chi connectivity index (χ1) is 12.3. The second-order valence-electron chi connectivity index (χ2n) is 6.06. The molecular weight excluding hydrogens is 347 g/mol. The van der Waals surface area contributed by atoms with Gasteiger partial charge in [0.05, 0.1) is 24.4 Å². The molecule has 1 aromatic heterocycles. The van der Waals surface area contributed by atoms with E-state index in [9.17, 15) is 18.0 Å². The summed E-state index contributed by atoms with van der Waals surface area (Å²) in [6.07, 6.45) is -3.81. The Morgan fingerprint density at radius 2 is 2.04 bits per heavy atom. The van der Waals surface area contributed by atoms with E-state index in [0.29, 0.717) is 42.1 Å². The molecule has 0 fully saturated rings. The van der Waals surface area contributed by atoms with E-state index < -0.39 is 17.7 Å². The number of halogens is 3. The van der Waals surface area contributed by atoms with Gasteiger partial charge < -0.3 is 9.64 Å². The van der Waals surface area contributed by atoms with Crippen molar-refractivity contribution >= 4 is 11.8 Å². The van der Waals surface area contributed by atoms with Crippen LogP contribution in [0.3, 0.4) is 0 Å². The summed E-state index contributed by atoms with van der Waals surface area (Å²) in [4.78, 5) is 14.3. The molecule has 0 aliphatic carbocycles. The van der Waals surface area contributed by atoms with Crippen molar-refractivity contribution in [2.45, 2.75) is 39.5 Å². The lowest BCUT2D eigenvalue weighted by Gasteiger charge is -2.19. The summed E-state index contributed by atoms with van der Waals surface area (Å²) in [5.41, 5.74) is 0.913. The standard InChI is InChI=1S/C18H20F3N3O2/c1-3-14-15(17(25)26-4-2)16-23(8-9-24(16)22-14)11-12-6-5-7-13(10-12)18(19,20)21/h5-7,10H,3-4,8-9,11H2,1-2H3. The van der Waals surface area contributed by atoms with Crippen LogP contribution in [0.4, 0.5) is 19.0 Å². The summed E-state index contributed by atoms with van der Waals surface area (Å²) in [7, 11) is 0. The number of rotatable bonds is 5. The summed E-state index contributed by atoms with van der Waals surface area (Å²) in [5.74, 6) is 0.180. The van der Waals surface area contributed by atoms with Gasteiger partial charge in [-0.15, -0.1) is 0 Å². The number of aryl methyl sites for hydroxylation is 1. The van der Waals surface area contributed by atoms with Crippen molar-refractivity contribution in [1.82, 2.24) is 9.78 Å². The number of benzene rings is 1. The predicted molar refractivity (Wildman–Crippen MR) is 90.1 cm³/mol. The van der Waals surface area contributed by atoms with Crippen molar-refractivity contribution in [2.24, 2.45) is 0 Å². The highest BCUT2D eigenvalue weighted by atomic mass is 19.4. The fraction of sp³-hybridized carbons (Fsp3) is 0.444.